The van der Waals surface area contributed by atoms with Gasteiger partial charge in [-0.15, -0.1) is 0 Å². The highest BCUT2D eigenvalue weighted by Crippen LogP contribution is 2.67. The van der Waals surface area contributed by atoms with Gasteiger partial charge in [-0.1, -0.05) is 26.7 Å². The van der Waals surface area contributed by atoms with Gasteiger partial charge in [-0.2, -0.15) is 0 Å². The van der Waals surface area contributed by atoms with E-state index < -0.39 is 0 Å². The molecule has 3 nitrogen and oxygen atoms in total. The predicted molar refractivity (Wildman–Crippen MR) is 138 cm³/mol. The average Bonchev–Trinajstić information content (AvgIpc) is 3.40. The van der Waals surface area contributed by atoms with Gasteiger partial charge in [-0.25, -0.2) is 4.39 Å². The minimum Gasteiger partial charge on any atom is -0.393 e. The zero-order valence-corrected chi connectivity index (χ0v) is 21.5. The summed E-state index contributed by atoms with van der Waals surface area (Å²) < 4.78 is 15.2. The topological polar surface area (TPSA) is 42.2 Å². The van der Waals surface area contributed by atoms with E-state index in [1.54, 1.807) is 16.8 Å². The van der Waals surface area contributed by atoms with E-state index in [4.69, 9.17) is 0 Å². The Labute approximate surface area is 209 Å². The van der Waals surface area contributed by atoms with E-state index in [0.717, 1.165) is 36.1 Å². The quantitative estimate of drug-likeness (QED) is 0.490. The average molecular weight is 480 g/mol. The molecule has 8 atom stereocenters. The van der Waals surface area contributed by atoms with Crippen molar-refractivity contribution in [2.24, 2.45) is 40.4 Å². The molecular formula is C31H42FNO2. The third-order valence-electron chi connectivity index (χ3n) is 11.7. The van der Waals surface area contributed by atoms with Gasteiger partial charge in [0, 0.05) is 18.0 Å². The van der Waals surface area contributed by atoms with E-state index in [1.807, 2.05) is 6.07 Å². The Balaban J connectivity index is 1.12. The first-order chi connectivity index (χ1) is 16.8. The normalized spacial score (nSPS) is 40.8. The number of rotatable bonds is 4. The molecule has 4 aliphatic rings. The van der Waals surface area contributed by atoms with E-state index in [2.05, 4.69) is 13.8 Å². The van der Waals surface area contributed by atoms with Crippen LogP contribution in [0.2, 0.25) is 0 Å². The summed E-state index contributed by atoms with van der Waals surface area (Å²) in [4.78, 5) is 13.0. The van der Waals surface area contributed by atoms with Crippen LogP contribution >= 0.6 is 0 Å². The van der Waals surface area contributed by atoms with Crippen LogP contribution in [0.4, 0.5) is 4.39 Å². The van der Waals surface area contributed by atoms with Crippen LogP contribution < -0.4 is 0 Å². The first kappa shape index (κ1) is 23.7. The summed E-state index contributed by atoms with van der Waals surface area (Å²) in [6.45, 7) is 5.09. The number of carbonyl (C=O) groups excluding carboxylic acids is 1. The molecule has 6 rings (SSSR count). The van der Waals surface area contributed by atoms with E-state index in [-0.39, 0.29) is 17.8 Å². The van der Waals surface area contributed by atoms with Crippen LogP contribution in [0, 0.1) is 46.2 Å². The Hall–Kier alpha value is -1.68. The maximum atomic E-state index is 13.5. The van der Waals surface area contributed by atoms with Crippen molar-refractivity contribution >= 4 is 16.8 Å². The maximum Gasteiger partial charge on any atom is 0.231 e. The van der Waals surface area contributed by atoms with E-state index >= 15 is 0 Å². The lowest BCUT2D eigenvalue weighted by atomic mass is 9.44. The smallest absolute Gasteiger partial charge is 0.231 e. The highest BCUT2D eigenvalue weighted by Gasteiger charge is 2.61. The van der Waals surface area contributed by atoms with Crippen LogP contribution in [0.15, 0.2) is 30.5 Å². The number of fused-ring (bicyclic) bond motifs is 6. The zero-order valence-electron chi connectivity index (χ0n) is 21.5. The van der Waals surface area contributed by atoms with Crippen LogP contribution in [0.3, 0.4) is 0 Å². The molecule has 4 heteroatoms. The lowest BCUT2D eigenvalue weighted by Gasteiger charge is -2.62. The fourth-order valence-corrected chi connectivity index (χ4v) is 9.79. The van der Waals surface area contributed by atoms with Crippen LogP contribution in [-0.2, 0) is 0 Å². The molecule has 0 spiro atoms. The van der Waals surface area contributed by atoms with Crippen molar-refractivity contribution in [3.8, 4) is 0 Å². The lowest BCUT2D eigenvalue weighted by molar-refractivity contribution is -0.162. The van der Waals surface area contributed by atoms with Crippen molar-refractivity contribution in [1.29, 1.82) is 0 Å². The number of carbonyl (C=O) groups is 1. The van der Waals surface area contributed by atoms with Crippen molar-refractivity contribution in [2.45, 2.75) is 97.0 Å². The minimum absolute atomic E-state index is 0.106. The predicted octanol–water partition coefficient (Wildman–Crippen LogP) is 7.61. The summed E-state index contributed by atoms with van der Waals surface area (Å²) in [5, 5.41) is 12.2. The molecule has 0 radical (unpaired) electrons. The van der Waals surface area contributed by atoms with Crippen LogP contribution in [0.5, 0.6) is 0 Å². The van der Waals surface area contributed by atoms with Crippen LogP contribution in [0.1, 0.15) is 95.7 Å². The number of nitrogens with zero attached hydrogens (tertiary/aromatic N) is 1. The number of hydrogen-bond acceptors (Lipinski definition) is 2. The van der Waals surface area contributed by atoms with E-state index in [1.165, 1.54) is 63.5 Å². The second-order valence-corrected chi connectivity index (χ2v) is 13.0. The van der Waals surface area contributed by atoms with Crippen LogP contribution in [-0.4, -0.2) is 21.7 Å². The molecule has 2 aromatic rings. The van der Waals surface area contributed by atoms with Crippen molar-refractivity contribution in [3.05, 3.63) is 36.3 Å². The second-order valence-electron chi connectivity index (χ2n) is 13.0. The fraction of sp³-hybridized carbons (Fsp3) is 0.710. The van der Waals surface area contributed by atoms with Crippen molar-refractivity contribution in [1.82, 2.24) is 4.57 Å². The Morgan fingerprint density at radius 2 is 1.89 bits per heavy atom. The van der Waals surface area contributed by atoms with Gasteiger partial charge < -0.3 is 5.11 Å². The number of hydrogen-bond donors (Lipinski definition) is 1. The fourth-order valence-electron chi connectivity index (χ4n) is 9.79. The number of aliphatic hydroxyl groups excluding tert-OH is 1. The summed E-state index contributed by atoms with van der Waals surface area (Å²) in [5.74, 6) is 3.03. The zero-order chi connectivity index (χ0) is 24.4. The molecule has 4 saturated carbocycles. The molecule has 35 heavy (non-hydrogen) atoms. The SMILES string of the molecule is CC12CCC3C(C(O)CC4CCCCC43C)C1CCC2CCCC(=O)n1ccc2cc(F)ccc21. The molecule has 0 amide bonds. The first-order valence-electron chi connectivity index (χ1n) is 14.3. The van der Waals surface area contributed by atoms with E-state index in [9.17, 15) is 14.3 Å². The Morgan fingerprint density at radius 1 is 1.06 bits per heavy atom. The van der Waals surface area contributed by atoms with Crippen molar-refractivity contribution in [3.63, 3.8) is 0 Å². The molecule has 4 aliphatic carbocycles. The molecule has 1 N–H and O–H groups in total. The summed E-state index contributed by atoms with van der Waals surface area (Å²) >= 11 is 0. The maximum absolute atomic E-state index is 13.5. The minimum atomic E-state index is -0.266. The number of aliphatic hydroxyl groups is 1. The van der Waals surface area contributed by atoms with Crippen molar-refractivity contribution < 1.29 is 14.3 Å². The largest absolute Gasteiger partial charge is 0.393 e. The molecule has 4 fully saturated rings. The molecule has 1 aromatic heterocycles. The summed E-state index contributed by atoms with van der Waals surface area (Å²) in [5.41, 5.74) is 1.54. The summed E-state index contributed by atoms with van der Waals surface area (Å²) in [7, 11) is 0. The second kappa shape index (κ2) is 8.71. The molecule has 1 aromatic carbocycles. The van der Waals surface area contributed by atoms with Gasteiger partial charge in [0.1, 0.15) is 5.82 Å². The monoisotopic (exact) mass is 479 g/mol. The Morgan fingerprint density at radius 3 is 2.74 bits per heavy atom. The number of benzene rings is 1. The molecule has 1 heterocycles. The third kappa shape index (κ3) is 3.72. The molecule has 8 unspecified atom stereocenters. The van der Waals surface area contributed by atoms with Gasteiger partial charge in [0.25, 0.3) is 0 Å². The van der Waals surface area contributed by atoms with Gasteiger partial charge in [0.05, 0.1) is 11.6 Å². The van der Waals surface area contributed by atoms with Gasteiger partial charge in [0.2, 0.25) is 5.91 Å². The Kier molecular flexibility index (Phi) is 5.90. The first-order valence-corrected chi connectivity index (χ1v) is 14.3. The van der Waals surface area contributed by atoms with Gasteiger partial charge in [-0.05, 0) is 122 Å². The van der Waals surface area contributed by atoms with Gasteiger partial charge in [-0.3, -0.25) is 9.36 Å². The summed E-state index contributed by atoms with van der Waals surface area (Å²) in [6, 6.07) is 6.45. The molecule has 0 saturated heterocycles. The molecule has 190 valence electrons. The number of aromatic nitrogens is 1. The van der Waals surface area contributed by atoms with E-state index in [0.29, 0.717) is 40.9 Å². The lowest BCUT2D eigenvalue weighted by Crippen LogP contribution is -2.57. The number of halogens is 1. The molecule has 0 bridgehead atoms. The van der Waals surface area contributed by atoms with Crippen molar-refractivity contribution in [2.75, 3.05) is 0 Å². The Bertz CT molecular complexity index is 1110. The molecular weight excluding hydrogens is 437 g/mol. The van der Waals surface area contributed by atoms with Gasteiger partial charge in [0.15, 0.2) is 0 Å². The molecule has 0 aliphatic heterocycles. The highest BCUT2D eigenvalue weighted by atomic mass is 19.1. The summed E-state index contributed by atoms with van der Waals surface area (Å²) in [6.07, 6.45) is 15.7. The van der Waals surface area contributed by atoms with Gasteiger partial charge >= 0.3 is 0 Å². The highest BCUT2D eigenvalue weighted by molar-refractivity contribution is 5.92. The van der Waals surface area contributed by atoms with Crippen LogP contribution in [0.25, 0.3) is 10.9 Å². The third-order valence-corrected chi connectivity index (χ3v) is 11.7. The standard InChI is InChI=1S/C31H42FNO2/c1-30-15-4-3-6-22(30)19-27(34)29-24-11-9-21(31(24,2)16-13-25(29)30)7-5-8-28(35)33-17-14-20-18-23(32)10-12-26(20)33/h10,12,14,17-18,21-22,24-25,27,29,34H,3-9,11,13,15-16,19H2,1-2H3.